The van der Waals surface area contributed by atoms with Crippen LogP contribution < -0.4 is 4.72 Å². The number of anilines is 1. The fraction of sp³-hybridized carbons (Fsp3) is 0.190. The van der Waals surface area contributed by atoms with Crippen molar-refractivity contribution in [3.63, 3.8) is 0 Å². The third-order valence-electron chi connectivity index (χ3n) is 4.39. The molecule has 0 bridgehead atoms. The molecule has 0 aliphatic rings. The molecule has 0 saturated heterocycles. The van der Waals surface area contributed by atoms with Crippen molar-refractivity contribution in [2.75, 3.05) is 4.72 Å². The highest BCUT2D eigenvalue weighted by molar-refractivity contribution is 7.92. The van der Waals surface area contributed by atoms with Gasteiger partial charge in [-0.25, -0.2) is 13.4 Å². The van der Waals surface area contributed by atoms with Crippen molar-refractivity contribution in [3.8, 4) is 11.1 Å². The van der Waals surface area contributed by atoms with E-state index < -0.39 is 10.0 Å². The Morgan fingerprint density at radius 1 is 0.808 bits per heavy atom. The third kappa shape index (κ3) is 3.63. The maximum absolute atomic E-state index is 12.7. The van der Waals surface area contributed by atoms with Gasteiger partial charge in [0.1, 0.15) is 5.82 Å². The lowest BCUT2D eigenvalue weighted by molar-refractivity contribution is 0.601. The normalized spacial score (nSPS) is 11.4. The molecule has 3 rings (SSSR count). The summed E-state index contributed by atoms with van der Waals surface area (Å²) in [6.45, 7) is 7.89. The zero-order valence-electron chi connectivity index (χ0n) is 15.4. The maximum Gasteiger partial charge on any atom is 0.263 e. The van der Waals surface area contributed by atoms with Gasteiger partial charge in [0.25, 0.3) is 10.0 Å². The van der Waals surface area contributed by atoms with Crippen LogP contribution in [0, 0.1) is 27.7 Å². The highest BCUT2D eigenvalue weighted by Gasteiger charge is 2.17. The predicted molar refractivity (Wildman–Crippen MR) is 106 cm³/mol. The maximum atomic E-state index is 12.7. The molecule has 1 aromatic heterocycles. The second-order valence-corrected chi connectivity index (χ2v) is 8.20. The molecule has 0 spiro atoms. The second kappa shape index (κ2) is 6.92. The topological polar surface area (TPSA) is 59.1 Å². The monoisotopic (exact) mass is 366 g/mol. The number of aryl methyl sites for hydroxylation is 4. The molecule has 1 heterocycles. The smallest absolute Gasteiger partial charge is 0.263 e. The first-order chi connectivity index (χ1) is 12.3. The third-order valence-corrected chi connectivity index (χ3v) is 5.74. The van der Waals surface area contributed by atoms with Gasteiger partial charge in [-0.3, -0.25) is 4.72 Å². The fourth-order valence-corrected chi connectivity index (χ4v) is 4.21. The number of sulfonamides is 1. The Hall–Kier alpha value is -2.66. The molecule has 26 heavy (non-hydrogen) atoms. The van der Waals surface area contributed by atoms with Crippen LogP contribution in [0.25, 0.3) is 11.1 Å². The summed E-state index contributed by atoms with van der Waals surface area (Å²) in [6, 6.07) is 16.6. The van der Waals surface area contributed by atoms with Crippen LogP contribution in [0.3, 0.4) is 0 Å². The Balaban J connectivity index is 1.99. The van der Waals surface area contributed by atoms with E-state index in [0.717, 1.165) is 22.4 Å². The number of hydrogen-bond donors (Lipinski definition) is 1. The minimum absolute atomic E-state index is 0.230. The largest absolute Gasteiger partial charge is 0.263 e. The van der Waals surface area contributed by atoms with E-state index in [0.29, 0.717) is 5.82 Å². The SMILES string of the molecule is Cc1cccc(NS(=O)(=O)c2ccc(-c3c(C)cccc3C)c(C)c2)n1. The van der Waals surface area contributed by atoms with Crippen LogP contribution in [0.5, 0.6) is 0 Å². The van der Waals surface area contributed by atoms with Gasteiger partial charge in [0.2, 0.25) is 0 Å². The lowest BCUT2D eigenvalue weighted by Crippen LogP contribution is -2.14. The average Bonchev–Trinajstić information content (AvgIpc) is 2.55. The van der Waals surface area contributed by atoms with Gasteiger partial charge < -0.3 is 0 Å². The van der Waals surface area contributed by atoms with E-state index in [9.17, 15) is 8.42 Å². The highest BCUT2D eigenvalue weighted by Crippen LogP contribution is 2.31. The summed E-state index contributed by atoms with van der Waals surface area (Å²) in [6.07, 6.45) is 0. The lowest BCUT2D eigenvalue weighted by Gasteiger charge is -2.14. The molecule has 0 atom stereocenters. The first-order valence-corrected chi connectivity index (χ1v) is 9.90. The van der Waals surface area contributed by atoms with Crippen molar-refractivity contribution in [3.05, 3.63) is 77.0 Å². The molecule has 0 amide bonds. The van der Waals surface area contributed by atoms with Gasteiger partial charge in [0, 0.05) is 5.69 Å². The minimum Gasteiger partial charge on any atom is -0.263 e. The summed E-state index contributed by atoms with van der Waals surface area (Å²) in [4.78, 5) is 4.43. The minimum atomic E-state index is -3.68. The number of nitrogens with zero attached hydrogens (tertiary/aromatic N) is 1. The first kappa shape index (κ1) is 18.1. The van der Waals surface area contributed by atoms with Gasteiger partial charge in [0.05, 0.1) is 4.90 Å². The quantitative estimate of drug-likeness (QED) is 0.723. The van der Waals surface area contributed by atoms with Crippen molar-refractivity contribution in [2.45, 2.75) is 32.6 Å². The zero-order chi connectivity index (χ0) is 18.9. The van der Waals surface area contributed by atoms with Crippen molar-refractivity contribution in [1.29, 1.82) is 0 Å². The summed E-state index contributed by atoms with van der Waals surface area (Å²) in [5.41, 5.74) is 6.22. The predicted octanol–water partition coefficient (Wildman–Crippen LogP) is 4.78. The molecule has 2 aromatic carbocycles. The summed E-state index contributed by atoms with van der Waals surface area (Å²) < 4.78 is 27.9. The molecule has 0 aliphatic carbocycles. The Kier molecular flexibility index (Phi) is 4.83. The molecular formula is C21H22N2O2S. The number of hydrogen-bond acceptors (Lipinski definition) is 3. The molecule has 3 aromatic rings. The van der Waals surface area contributed by atoms with Gasteiger partial charge in [-0.1, -0.05) is 30.3 Å². The van der Waals surface area contributed by atoms with Gasteiger partial charge >= 0.3 is 0 Å². The first-order valence-electron chi connectivity index (χ1n) is 8.41. The Bertz CT molecular complexity index is 1050. The van der Waals surface area contributed by atoms with Crippen LogP contribution in [0.4, 0.5) is 5.82 Å². The van der Waals surface area contributed by atoms with Crippen LogP contribution in [0.15, 0.2) is 59.5 Å². The van der Waals surface area contributed by atoms with Crippen molar-refractivity contribution < 1.29 is 8.42 Å². The summed E-state index contributed by atoms with van der Waals surface area (Å²) in [5.74, 6) is 0.321. The van der Waals surface area contributed by atoms with Crippen molar-refractivity contribution in [1.82, 2.24) is 4.98 Å². The van der Waals surface area contributed by atoms with Crippen LogP contribution in [-0.2, 0) is 10.0 Å². The van der Waals surface area contributed by atoms with E-state index in [-0.39, 0.29) is 4.90 Å². The van der Waals surface area contributed by atoms with Crippen molar-refractivity contribution >= 4 is 15.8 Å². The summed E-state index contributed by atoms with van der Waals surface area (Å²) in [5, 5.41) is 0. The number of benzene rings is 2. The molecule has 5 heteroatoms. The van der Waals surface area contributed by atoms with Gasteiger partial charge in [-0.05, 0) is 79.8 Å². The molecule has 0 saturated carbocycles. The second-order valence-electron chi connectivity index (χ2n) is 6.51. The van der Waals surface area contributed by atoms with Gasteiger partial charge in [-0.15, -0.1) is 0 Å². The van der Waals surface area contributed by atoms with Crippen LogP contribution in [0.2, 0.25) is 0 Å². The van der Waals surface area contributed by atoms with Crippen LogP contribution >= 0.6 is 0 Å². The molecule has 1 N–H and O–H groups in total. The van der Waals surface area contributed by atoms with Crippen LogP contribution in [-0.4, -0.2) is 13.4 Å². The summed E-state index contributed by atoms with van der Waals surface area (Å²) >= 11 is 0. The summed E-state index contributed by atoms with van der Waals surface area (Å²) in [7, 11) is -3.68. The molecular weight excluding hydrogens is 344 g/mol. The molecule has 134 valence electrons. The number of aromatic nitrogens is 1. The fourth-order valence-electron chi connectivity index (χ4n) is 3.12. The standard InChI is InChI=1S/C21H22N2O2S/c1-14-7-5-8-15(2)21(14)19-12-11-18(13-16(19)3)26(24,25)23-20-10-6-9-17(4)22-20/h5-13H,1-4H3,(H,22,23). The number of rotatable bonds is 4. The van der Waals surface area contributed by atoms with E-state index in [1.165, 1.54) is 11.1 Å². The number of nitrogens with one attached hydrogen (secondary N) is 1. The highest BCUT2D eigenvalue weighted by atomic mass is 32.2. The molecule has 4 nitrogen and oxygen atoms in total. The van der Waals surface area contributed by atoms with E-state index in [2.05, 4.69) is 35.7 Å². The van der Waals surface area contributed by atoms with E-state index in [4.69, 9.17) is 0 Å². The van der Waals surface area contributed by atoms with E-state index in [1.54, 1.807) is 24.3 Å². The van der Waals surface area contributed by atoms with Gasteiger partial charge in [0.15, 0.2) is 0 Å². The molecule has 0 unspecified atom stereocenters. The van der Waals surface area contributed by atoms with Gasteiger partial charge in [-0.2, -0.15) is 0 Å². The molecule has 0 fully saturated rings. The lowest BCUT2D eigenvalue weighted by atomic mass is 9.93. The Morgan fingerprint density at radius 3 is 2.08 bits per heavy atom. The van der Waals surface area contributed by atoms with E-state index in [1.807, 2.05) is 32.0 Å². The zero-order valence-corrected chi connectivity index (χ0v) is 16.2. The number of pyridine rings is 1. The van der Waals surface area contributed by atoms with Crippen LogP contribution in [0.1, 0.15) is 22.4 Å². The Labute approximate surface area is 155 Å². The van der Waals surface area contributed by atoms with E-state index >= 15 is 0 Å². The van der Waals surface area contributed by atoms with Crippen molar-refractivity contribution in [2.24, 2.45) is 0 Å². The molecule has 0 aliphatic heterocycles. The Morgan fingerprint density at radius 2 is 1.46 bits per heavy atom. The molecule has 0 radical (unpaired) electrons. The average molecular weight is 366 g/mol.